The maximum absolute atomic E-state index is 11.5. The minimum Gasteiger partial charge on any atom is -0.453 e. The van der Waals surface area contributed by atoms with E-state index in [-0.39, 0.29) is 18.8 Å². The van der Waals surface area contributed by atoms with Gasteiger partial charge in [-0.1, -0.05) is 30.3 Å². The Bertz CT molecular complexity index is 687. The summed E-state index contributed by atoms with van der Waals surface area (Å²) in [5, 5.41) is 10.8. The number of rotatable bonds is 6. The quantitative estimate of drug-likeness (QED) is 0.424. The fourth-order valence-electron chi connectivity index (χ4n) is 2.48. The molecule has 0 N–H and O–H groups in total. The van der Waals surface area contributed by atoms with Crippen LogP contribution >= 0.6 is 0 Å². The summed E-state index contributed by atoms with van der Waals surface area (Å²) in [4.78, 5) is 33.0. The standard InChI is InChI=1S/C17H19NO8/c1-11(19)25-15-14(8-18(21)22)10-24-17(16(15)26-12(2)20)23-9-13-6-4-3-5-7-13/h3-8,15-17H,9-10H2,1-2H3/t15?,16?,17-/m1/s1. The molecule has 0 amide bonds. The summed E-state index contributed by atoms with van der Waals surface area (Å²) < 4.78 is 21.5. The van der Waals surface area contributed by atoms with Crippen molar-refractivity contribution in [2.75, 3.05) is 6.61 Å². The lowest BCUT2D eigenvalue weighted by Crippen LogP contribution is -2.51. The van der Waals surface area contributed by atoms with Crippen LogP contribution in [0, 0.1) is 10.1 Å². The lowest BCUT2D eigenvalue weighted by molar-refractivity contribution is -0.405. The smallest absolute Gasteiger partial charge is 0.303 e. The highest BCUT2D eigenvalue weighted by Gasteiger charge is 2.44. The molecule has 0 aliphatic carbocycles. The Hall–Kier alpha value is -2.78. The van der Waals surface area contributed by atoms with E-state index >= 15 is 0 Å². The molecule has 9 nitrogen and oxygen atoms in total. The van der Waals surface area contributed by atoms with Crippen LogP contribution in [0.2, 0.25) is 0 Å². The van der Waals surface area contributed by atoms with E-state index in [0.717, 1.165) is 12.5 Å². The Morgan fingerprint density at radius 3 is 2.46 bits per heavy atom. The van der Waals surface area contributed by atoms with Crippen molar-refractivity contribution in [2.24, 2.45) is 0 Å². The van der Waals surface area contributed by atoms with Gasteiger partial charge in [-0.05, 0) is 5.56 Å². The highest BCUT2D eigenvalue weighted by molar-refractivity contribution is 5.67. The minimum atomic E-state index is -1.17. The normalized spacial score (nSPS) is 24.1. The van der Waals surface area contributed by atoms with Gasteiger partial charge in [0.05, 0.1) is 23.7 Å². The molecule has 1 aromatic carbocycles. The third-order valence-electron chi connectivity index (χ3n) is 3.47. The van der Waals surface area contributed by atoms with Crippen molar-refractivity contribution in [2.45, 2.75) is 39.0 Å². The van der Waals surface area contributed by atoms with Gasteiger partial charge >= 0.3 is 11.9 Å². The van der Waals surface area contributed by atoms with Crippen LogP contribution in [0.1, 0.15) is 19.4 Å². The maximum atomic E-state index is 11.5. The fourth-order valence-corrected chi connectivity index (χ4v) is 2.48. The zero-order valence-corrected chi connectivity index (χ0v) is 14.3. The van der Waals surface area contributed by atoms with Crippen LogP contribution < -0.4 is 0 Å². The highest BCUT2D eigenvalue weighted by Crippen LogP contribution is 2.27. The molecule has 3 atom stereocenters. The van der Waals surface area contributed by atoms with Crippen LogP contribution in [-0.4, -0.2) is 42.0 Å². The number of nitro groups is 1. The molecule has 1 saturated heterocycles. The molecule has 0 spiro atoms. The number of nitrogens with zero attached hydrogens (tertiary/aromatic N) is 1. The molecule has 1 fully saturated rings. The first-order chi connectivity index (χ1) is 12.4. The van der Waals surface area contributed by atoms with E-state index in [0.29, 0.717) is 6.20 Å². The van der Waals surface area contributed by atoms with E-state index in [2.05, 4.69) is 0 Å². The Kier molecular flexibility index (Phi) is 6.81. The van der Waals surface area contributed by atoms with Crippen LogP contribution in [-0.2, 0) is 35.1 Å². The largest absolute Gasteiger partial charge is 0.453 e. The second kappa shape index (κ2) is 9.07. The first kappa shape index (κ1) is 19.5. The number of hydrogen-bond acceptors (Lipinski definition) is 8. The SMILES string of the molecule is CC(=O)OC1C(=C[N+](=O)[O-])CO[C@@H](OCc2ccccc2)C1OC(C)=O. The molecule has 1 aliphatic heterocycles. The highest BCUT2D eigenvalue weighted by atomic mass is 16.7. The van der Waals surface area contributed by atoms with Crippen molar-refractivity contribution in [1.29, 1.82) is 0 Å². The molecule has 1 heterocycles. The maximum Gasteiger partial charge on any atom is 0.303 e. The van der Waals surface area contributed by atoms with Gasteiger partial charge in [0.25, 0.3) is 0 Å². The van der Waals surface area contributed by atoms with Crippen molar-refractivity contribution >= 4 is 11.9 Å². The molecule has 9 heteroatoms. The second-order valence-electron chi connectivity index (χ2n) is 5.57. The number of carbonyl (C=O) groups excluding carboxylic acids is 2. The molecule has 2 rings (SSSR count). The van der Waals surface area contributed by atoms with Crippen molar-refractivity contribution < 1.29 is 33.5 Å². The first-order valence-corrected chi connectivity index (χ1v) is 7.82. The Labute approximate surface area is 149 Å². The lowest BCUT2D eigenvalue weighted by Gasteiger charge is -2.36. The van der Waals surface area contributed by atoms with Crippen molar-refractivity contribution in [1.82, 2.24) is 0 Å². The summed E-state index contributed by atoms with van der Waals surface area (Å²) in [5.74, 6) is -1.34. The van der Waals surface area contributed by atoms with Gasteiger partial charge in [0.2, 0.25) is 6.20 Å². The Morgan fingerprint density at radius 2 is 1.88 bits per heavy atom. The molecule has 140 valence electrons. The van der Waals surface area contributed by atoms with E-state index in [9.17, 15) is 19.7 Å². The molecular weight excluding hydrogens is 346 g/mol. The van der Waals surface area contributed by atoms with Crippen molar-refractivity contribution in [3.05, 3.63) is 57.8 Å². The van der Waals surface area contributed by atoms with Crippen LogP contribution in [0.5, 0.6) is 0 Å². The number of esters is 2. The summed E-state index contributed by atoms with van der Waals surface area (Å²) in [5.41, 5.74) is 0.921. The Balaban J connectivity index is 2.22. The van der Waals surface area contributed by atoms with Crippen molar-refractivity contribution in [3.8, 4) is 0 Å². The zero-order valence-electron chi connectivity index (χ0n) is 14.3. The molecular formula is C17H19NO8. The average Bonchev–Trinajstić information content (AvgIpc) is 2.56. The molecule has 26 heavy (non-hydrogen) atoms. The number of carbonyl (C=O) groups is 2. The second-order valence-corrected chi connectivity index (χ2v) is 5.57. The summed E-state index contributed by atoms with van der Waals surface area (Å²) in [6.07, 6.45) is -2.71. The predicted octanol–water partition coefficient (Wildman–Crippen LogP) is 1.58. The predicted molar refractivity (Wildman–Crippen MR) is 87.2 cm³/mol. The van der Waals surface area contributed by atoms with E-state index in [1.807, 2.05) is 30.3 Å². The Morgan fingerprint density at radius 1 is 1.23 bits per heavy atom. The fraction of sp³-hybridized carbons (Fsp3) is 0.412. The van der Waals surface area contributed by atoms with Gasteiger partial charge in [-0.3, -0.25) is 19.7 Å². The van der Waals surface area contributed by atoms with Gasteiger partial charge in [-0.2, -0.15) is 0 Å². The van der Waals surface area contributed by atoms with Gasteiger partial charge in [-0.25, -0.2) is 0 Å². The molecule has 1 aliphatic rings. The zero-order chi connectivity index (χ0) is 19.1. The van der Waals surface area contributed by atoms with E-state index in [1.54, 1.807) is 0 Å². The number of hydrogen-bond donors (Lipinski definition) is 0. The lowest BCUT2D eigenvalue weighted by atomic mass is 10.0. The van der Waals surface area contributed by atoms with E-state index in [1.165, 1.54) is 6.92 Å². The molecule has 0 radical (unpaired) electrons. The monoisotopic (exact) mass is 365 g/mol. The van der Waals surface area contributed by atoms with E-state index in [4.69, 9.17) is 18.9 Å². The third kappa shape index (κ3) is 5.64. The third-order valence-corrected chi connectivity index (χ3v) is 3.47. The minimum absolute atomic E-state index is 0.0658. The number of benzene rings is 1. The molecule has 1 aromatic rings. The summed E-state index contributed by atoms with van der Waals surface area (Å²) >= 11 is 0. The van der Waals surface area contributed by atoms with Gasteiger partial charge in [0.1, 0.15) is 0 Å². The van der Waals surface area contributed by atoms with E-state index < -0.39 is 35.4 Å². The van der Waals surface area contributed by atoms with Crippen molar-refractivity contribution in [3.63, 3.8) is 0 Å². The van der Waals surface area contributed by atoms with Gasteiger partial charge in [0, 0.05) is 13.8 Å². The summed E-state index contributed by atoms with van der Waals surface area (Å²) in [6.45, 7) is 2.29. The summed E-state index contributed by atoms with van der Waals surface area (Å²) in [6, 6.07) is 9.21. The van der Waals surface area contributed by atoms with Gasteiger partial charge in [0.15, 0.2) is 18.5 Å². The van der Waals surface area contributed by atoms with Crippen LogP contribution in [0.3, 0.4) is 0 Å². The van der Waals surface area contributed by atoms with Crippen LogP contribution in [0.4, 0.5) is 0 Å². The van der Waals surface area contributed by atoms with Gasteiger partial charge in [-0.15, -0.1) is 0 Å². The van der Waals surface area contributed by atoms with Gasteiger partial charge < -0.3 is 18.9 Å². The first-order valence-electron chi connectivity index (χ1n) is 7.82. The topological polar surface area (TPSA) is 114 Å². The molecule has 0 bridgehead atoms. The molecule has 0 saturated carbocycles. The average molecular weight is 365 g/mol. The van der Waals surface area contributed by atoms with Crippen LogP contribution in [0.15, 0.2) is 42.1 Å². The molecule has 2 unspecified atom stereocenters. The molecule has 0 aromatic heterocycles. The summed E-state index contributed by atoms with van der Waals surface area (Å²) in [7, 11) is 0. The van der Waals surface area contributed by atoms with Crippen LogP contribution in [0.25, 0.3) is 0 Å². The number of ether oxygens (including phenoxy) is 4.